The SMILES string of the molecule is CN=C(NCCn1cc(C)cn1)N1CCC(C)CC1. The number of nitrogens with zero attached hydrogens (tertiary/aromatic N) is 4. The molecule has 2 heterocycles. The van der Waals surface area contributed by atoms with Gasteiger partial charge in [-0.1, -0.05) is 6.92 Å². The van der Waals surface area contributed by atoms with Gasteiger partial charge in [0.25, 0.3) is 0 Å². The molecule has 106 valence electrons. The topological polar surface area (TPSA) is 45.5 Å². The Hall–Kier alpha value is -1.52. The number of guanidine groups is 1. The van der Waals surface area contributed by atoms with Gasteiger partial charge in [-0.15, -0.1) is 0 Å². The van der Waals surface area contributed by atoms with E-state index in [9.17, 15) is 0 Å². The Labute approximate surface area is 115 Å². The van der Waals surface area contributed by atoms with Crippen LogP contribution in [0.2, 0.25) is 0 Å². The van der Waals surface area contributed by atoms with E-state index in [1.807, 2.05) is 17.9 Å². The molecule has 1 aromatic rings. The molecule has 1 aliphatic heterocycles. The first-order valence-corrected chi connectivity index (χ1v) is 7.13. The van der Waals surface area contributed by atoms with Crippen molar-refractivity contribution in [3.63, 3.8) is 0 Å². The third kappa shape index (κ3) is 3.98. The van der Waals surface area contributed by atoms with Gasteiger partial charge in [0, 0.05) is 32.9 Å². The largest absolute Gasteiger partial charge is 0.354 e. The molecule has 0 aromatic carbocycles. The van der Waals surface area contributed by atoms with Crippen molar-refractivity contribution in [3.05, 3.63) is 18.0 Å². The molecule has 0 radical (unpaired) electrons. The Morgan fingerprint density at radius 3 is 2.79 bits per heavy atom. The van der Waals surface area contributed by atoms with Gasteiger partial charge in [0.05, 0.1) is 12.7 Å². The molecule has 5 nitrogen and oxygen atoms in total. The molecule has 0 unspecified atom stereocenters. The molecule has 0 atom stereocenters. The third-order valence-corrected chi connectivity index (χ3v) is 3.68. The van der Waals surface area contributed by atoms with E-state index in [0.29, 0.717) is 0 Å². The minimum Gasteiger partial charge on any atom is -0.354 e. The molecular formula is C14H25N5. The maximum absolute atomic E-state index is 4.37. The molecular weight excluding hydrogens is 238 g/mol. The molecule has 19 heavy (non-hydrogen) atoms. The summed E-state index contributed by atoms with van der Waals surface area (Å²) >= 11 is 0. The molecule has 1 aliphatic rings. The maximum Gasteiger partial charge on any atom is 0.193 e. The number of hydrogen-bond acceptors (Lipinski definition) is 2. The smallest absolute Gasteiger partial charge is 0.193 e. The summed E-state index contributed by atoms with van der Waals surface area (Å²) in [6, 6.07) is 0. The van der Waals surface area contributed by atoms with Crippen molar-refractivity contribution in [2.75, 3.05) is 26.7 Å². The Morgan fingerprint density at radius 1 is 1.47 bits per heavy atom. The van der Waals surface area contributed by atoms with Crippen molar-refractivity contribution < 1.29 is 0 Å². The van der Waals surface area contributed by atoms with Gasteiger partial charge in [0.15, 0.2) is 5.96 Å². The van der Waals surface area contributed by atoms with Gasteiger partial charge in [-0.25, -0.2) is 0 Å². The van der Waals surface area contributed by atoms with Crippen LogP contribution in [0.5, 0.6) is 0 Å². The van der Waals surface area contributed by atoms with Gasteiger partial charge < -0.3 is 10.2 Å². The highest BCUT2D eigenvalue weighted by Crippen LogP contribution is 2.15. The van der Waals surface area contributed by atoms with Crippen LogP contribution in [0.4, 0.5) is 0 Å². The fourth-order valence-electron chi connectivity index (χ4n) is 2.42. The minimum absolute atomic E-state index is 0.849. The summed E-state index contributed by atoms with van der Waals surface area (Å²) in [5.41, 5.74) is 1.20. The summed E-state index contributed by atoms with van der Waals surface area (Å²) in [6.45, 7) is 8.35. The van der Waals surface area contributed by atoms with E-state index in [2.05, 4.69) is 40.4 Å². The number of aliphatic imine (C=N–C) groups is 1. The van der Waals surface area contributed by atoms with Gasteiger partial charge in [-0.3, -0.25) is 9.67 Å². The van der Waals surface area contributed by atoms with Crippen LogP contribution in [0.25, 0.3) is 0 Å². The number of piperidine rings is 1. The monoisotopic (exact) mass is 263 g/mol. The quantitative estimate of drug-likeness (QED) is 0.664. The second kappa shape index (κ2) is 6.59. The zero-order valence-electron chi connectivity index (χ0n) is 12.3. The molecule has 1 N–H and O–H groups in total. The maximum atomic E-state index is 4.37. The van der Waals surface area contributed by atoms with Crippen LogP contribution in [0.1, 0.15) is 25.3 Å². The summed E-state index contributed by atoms with van der Waals surface area (Å²) in [5, 5.41) is 7.71. The van der Waals surface area contributed by atoms with Gasteiger partial charge in [-0.2, -0.15) is 5.10 Å². The molecule has 1 fully saturated rings. The predicted molar refractivity (Wildman–Crippen MR) is 78.3 cm³/mol. The van der Waals surface area contributed by atoms with Crippen molar-refractivity contribution in [2.24, 2.45) is 10.9 Å². The van der Waals surface area contributed by atoms with Crippen LogP contribution in [0.3, 0.4) is 0 Å². The molecule has 5 heteroatoms. The fraction of sp³-hybridized carbons (Fsp3) is 0.714. The number of likely N-dealkylation sites (tertiary alicyclic amines) is 1. The summed E-state index contributed by atoms with van der Waals surface area (Å²) < 4.78 is 1.97. The summed E-state index contributed by atoms with van der Waals surface area (Å²) in [4.78, 5) is 6.73. The minimum atomic E-state index is 0.849. The average molecular weight is 263 g/mol. The molecule has 0 saturated carbocycles. The number of aromatic nitrogens is 2. The Balaban J connectivity index is 1.77. The van der Waals surface area contributed by atoms with E-state index in [1.54, 1.807) is 0 Å². The average Bonchev–Trinajstić information content (AvgIpc) is 2.82. The molecule has 0 spiro atoms. The van der Waals surface area contributed by atoms with E-state index in [0.717, 1.165) is 38.1 Å². The number of rotatable bonds is 3. The van der Waals surface area contributed by atoms with Crippen LogP contribution in [-0.4, -0.2) is 47.3 Å². The zero-order chi connectivity index (χ0) is 13.7. The number of hydrogen-bond donors (Lipinski definition) is 1. The number of aryl methyl sites for hydroxylation is 1. The summed E-state index contributed by atoms with van der Waals surface area (Å²) in [6.07, 6.45) is 6.48. The van der Waals surface area contributed by atoms with Crippen LogP contribution in [-0.2, 0) is 6.54 Å². The normalized spacial score (nSPS) is 17.8. The highest BCUT2D eigenvalue weighted by atomic mass is 15.3. The molecule has 1 saturated heterocycles. The van der Waals surface area contributed by atoms with Crippen LogP contribution in [0.15, 0.2) is 17.4 Å². The highest BCUT2D eigenvalue weighted by Gasteiger charge is 2.18. The Kier molecular flexibility index (Phi) is 4.82. The second-order valence-electron chi connectivity index (χ2n) is 5.42. The van der Waals surface area contributed by atoms with Gasteiger partial charge >= 0.3 is 0 Å². The molecule has 0 amide bonds. The lowest BCUT2D eigenvalue weighted by molar-refractivity contribution is 0.273. The molecule has 1 aromatic heterocycles. The van der Waals surface area contributed by atoms with E-state index >= 15 is 0 Å². The zero-order valence-corrected chi connectivity index (χ0v) is 12.3. The second-order valence-corrected chi connectivity index (χ2v) is 5.42. The summed E-state index contributed by atoms with van der Waals surface area (Å²) in [7, 11) is 1.86. The fourth-order valence-corrected chi connectivity index (χ4v) is 2.42. The highest BCUT2D eigenvalue weighted by molar-refractivity contribution is 5.79. The van der Waals surface area contributed by atoms with E-state index in [1.165, 1.54) is 18.4 Å². The van der Waals surface area contributed by atoms with Crippen molar-refractivity contribution >= 4 is 5.96 Å². The molecule has 0 bridgehead atoms. The first-order chi connectivity index (χ1) is 9.19. The van der Waals surface area contributed by atoms with Gasteiger partial charge in [0.1, 0.15) is 0 Å². The van der Waals surface area contributed by atoms with Gasteiger partial charge in [0.2, 0.25) is 0 Å². The van der Waals surface area contributed by atoms with Crippen LogP contribution in [0, 0.1) is 12.8 Å². The number of nitrogens with one attached hydrogen (secondary N) is 1. The van der Waals surface area contributed by atoms with Crippen molar-refractivity contribution in [2.45, 2.75) is 33.2 Å². The van der Waals surface area contributed by atoms with E-state index in [4.69, 9.17) is 0 Å². The molecule has 0 aliphatic carbocycles. The Morgan fingerprint density at radius 2 is 2.21 bits per heavy atom. The van der Waals surface area contributed by atoms with Crippen LogP contribution < -0.4 is 5.32 Å². The lowest BCUT2D eigenvalue weighted by Crippen LogP contribution is -2.46. The van der Waals surface area contributed by atoms with Crippen molar-refractivity contribution in [3.8, 4) is 0 Å². The van der Waals surface area contributed by atoms with Gasteiger partial charge in [-0.05, 0) is 31.2 Å². The van der Waals surface area contributed by atoms with Crippen molar-refractivity contribution in [1.82, 2.24) is 20.0 Å². The lowest BCUT2D eigenvalue weighted by Gasteiger charge is -2.32. The lowest BCUT2D eigenvalue weighted by atomic mass is 10.00. The third-order valence-electron chi connectivity index (χ3n) is 3.68. The first-order valence-electron chi connectivity index (χ1n) is 7.13. The van der Waals surface area contributed by atoms with E-state index < -0.39 is 0 Å². The van der Waals surface area contributed by atoms with Crippen molar-refractivity contribution in [1.29, 1.82) is 0 Å². The molecule has 2 rings (SSSR count). The Bertz CT molecular complexity index is 415. The standard InChI is InChI=1S/C14H25N5/c1-12-4-7-18(8-5-12)14(15-3)16-6-9-19-11-13(2)10-17-19/h10-12H,4-9H2,1-3H3,(H,15,16). The first kappa shape index (κ1) is 13.9. The van der Waals surface area contributed by atoms with Crippen LogP contribution >= 0.6 is 0 Å². The summed E-state index contributed by atoms with van der Waals surface area (Å²) in [5.74, 6) is 1.87. The predicted octanol–water partition coefficient (Wildman–Crippen LogP) is 1.50. The van der Waals surface area contributed by atoms with E-state index in [-0.39, 0.29) is 0 Å².